The molecule has 0 radical (unpaired) electrons. The van der Waals surface area contributed by atoms with E-state index in [1.807, 2.05) is 67.3 Å². The molecular formula is C31H38N4O3Si. The molecule has 1 aromatic heterocycles. The van der Waals surface area contributed by atoms with Crippen molar-refractivity contribution in [2.75, 3.05) is 11.9 Å². The Morgan fingerprint density at radius 1 is 1.13 bits per heavy atom. The summed E-state index contributed by atoms with van der Waals surface area (Å²) < 4.78 is 6.22. The number of nitrogens with one attached hydrogen (secondary N) is 2. The molecule has 0 saturated heterocycles. The fourth-order valence-corrected chi connectivity index (χ4v) is 8.96. The summed E-state index contributed by atoms with van der Waals surface area (Å²) in [5.41, 5.74) is 2.62. The molecule has 39 heavy (non-hydrogen) atoms. The number of anilines is 1. The fraction of sp³-hybridized carbons (Fsp3) is 0.452. The number of rotatable bonds is 8. The van der Waals surface area contributed by atoms with Gasteiger partial charge in [-0.05, 0) is 37.8 Å². The third-order valence-electron chi connectivity index (χ3n) is 9.49. The predicted octanol–water partition coefficient (Wildman–Crippen LogP) is 5.68. The summed E-state index contributed by atoms with van der Waals surface area (Å²) in [5, 5.41) is 10.6. The van der Waals surface area contributed by atoms with Gasteiger partial charge >= 0.3 is 0 Å². The molecule has 2 saturated carbocycles. The third-order valence-corrected chi connectivity index (χ3v) is 13.1. The predicted molar refractivity (Wildman–Crippen MR) is 154 cm³/mol. The van der Waals surface area contributed by atoms with Gasteiger partial charge in [0, 0.05) is 16.5 Å². The topological polar surface area (TPSA) is 87.3 Å². The lowest BCUT2D eigenvalue weighted by Crippen LogP contribution is -2.46. The molecule has 0 bridgehead atoms. The zero-order valence-electron chi connectivity index (χ0n) is 23.5. The number of hydrogen-bond donors (Lipinski definition) is 2. The van der Waals surface area contributed by atoms with Crippen LogP contribution in [0.15, 0.2) is 66.3 Å². The summed E-state index contributed by atoms with van der Waals surface area (Å²) in [4.78, 5) is 29.8. The largest absolute Gasteiger partial charge is 0.375 e. The Hall–Kier alpha value is -3.23. The van der Waals surface area contributed by atoms with E-state index in [0.717, 1.165) is 35.2 Å². The molecule has 2 unspecified atom stereocenters. The van der Waals surface area contributed by atoms with Gasteiger partial charge in [-0.25, -0.2) is 0 Å². The first-order chi connectivity index (χ1) is 18.5. The molecule has 0 spiro atoms. The molecule has 3 aliphatic carbocycles. The van der Waals surface area contributed by atoms with Gasteiger partial charge in [0.2, 0.25) is 11.8 Å². The number of benzene rings is 1. The minimum Gasteiger partial charge on any atom is -0.375 e. The van der Waals surface area contributed by atoms with Crippen LogP contribution in [0.5, 0.6) is 0 Å². The van der Waals surface area contributed by atoms with Crippen LogP contribution in [0.4, 0.5) is 5.82 Å². The van der Waals surface area contributed by atoms with Gasteiger partial charge in [0.1, 0.15) is 5.41 Å². The summed E-state index contributed by atoms with van der Waals surface area (Å²) in [7, 11) is -1.68. The molecule has 6 rings (SSSR count). The number of aromatic amines is 1. The van der Waals surface area contributed by atoms with Crippen molar-refractivity contribution in [2.24, 2.45) is 11.3 Å². The highest BCUT2D eigenvalue weighted by Gasteiger charge is 2.67. The van der Waals surface area contributed by atoms with Gasteiger partial charge in [-0.1, -0.05) is 80.4 Å². The molecule has 2 fully saturated rings. The summed E-state index contributed by atoms with van der Waals surface area (Å²) in [6.07, 6.45) is 12.1. The number of hydrogen-bond acceptors (Lipinski definition) is 4. The van der Waals surface area contributed by atoms with Crippen molar-refractivity contribution < 1.29 is 14.3 Å². The molecule has 7 nitrogen and oxygen atoms in total. The van der Waals surface area contributed by atoms with Gasteiger partial charge in [-0.15, -0.1) is 0 Å². The molecule has 2 heterocycles. The van der Waals surface area contributed by atoms with E-state index in [0.29, 0.717) is 25.6 Å². The Balaban J connectivity index is 1.25. The van der Waals surface area contributed by atoms with Crippen LogP contribution in [0.2, 0.25) is 24.7 Å². The molecule has 2 atom stereocenters. The SMILES string of the molecule is CC1(C)c2[nH]nc(NC(=O)C3([Si](C)(C)C)CC3)c2CN1C(=O)C1(COCc2ccccc2)C2=CC=CC=CC21. The van der Waals surface area contributed by atoms with Crippen LogP contribution in [0.3, 0.4) is 0 Å². The monoisotopic (exact) mass is 542 g/mol. The number of fused-ring (bicyclic) bond motifs is 2. The molecule has 4 aliphatic rings. The van der Waals surface area contributed by atoms with E-state index in [9.17, 15) is 9.59 Å². The highest BCUT2D eigenvalue weighted by molar-refractivity contribution is 6.83. The summed E-state index contributed by atoms with van der Waals surface area (Å²) in [6, 6.07) is 10.1. The number of amides is 2. The third kappa shape index (κ3) is 3.99. The number of nitrogens with zero attached hydrogens (tertiary/aromatic N) is 2. The first-order valence-corrected chi connectivity index (χ1v) is 17.4. The van der Waals surface area contributed by atoms with Crippen LogP contribution >= 0.6 is 0 Å². The number of ether oxygens (including phenoxy) is 1. The Bertz CT molecular complexity index is 1410. The lowest BCUT2D eigenvalue weighted by molar-refractivity contribution is -0.145. The van der Waals surface area contributed by atoms with Crippen LogP contribution < -0.4 is 5.32 Å². The normalized spacial score (nSPS) is 25.4. The highest BCUT2D eigenvalue weighted by Crippen LogP contribution is 2.63. The van der Waals surface area contributed by atoms with Crippen LogP contribution in [0.1, 0.15) is 43.5 Å². The van der Waals surface area contributed by atoms with E-state index >= 15 is 0 Å². The molecular weight excluding hydrogens is 504 g/mol. The Morgan fingerprint density at radius 2 is 1.87 bits per heavy atom. The van der Waals surface area contributed by atoms with Crippen molar-refractivity contribution >= 4 is 25.7 Å². The summed E-state index contributed by atoms with van der Waals surface area (Å²) in [6.45, 7) is 12.0. The zero-order valence-corrected chi connectivity index (χ0v) is 24.5. The van der Waals surface area contributed by atoms with Crippen molar-refractivity contribution in [3.8, 4) is 0 Å². The molecule has 8 heteroatoms. The van der Waals surface area contributed by atoms with Crippen LogP contribution in [-0.4, -0.2) is 41.6 Å². The van der Waals surface area contributed by atoms with Crippen LogP contribution in [0.25, 0.3) is 0 Å². The van der Waals surface area contributed by atoms with E-state index < -0.39 is 19.0 Å². The van der Waals surface area contributed by atoms with Gasteiger partial charge in [0.15, 0.2) is 5.82 Å². The first kappa shape index (κ1) is 26.0. The molecule has 204 valence electrons. The van der Waals surface area contributed by atoms with Crippen LogP contribution in [-0.2, 0) is 33.0 Å². The standard InChI is InChI=1S/C31H38N4O3Si/c1-29(2)25-22(26(34-33-25)32-27(36)30(16-17-30)39(3,4)5)18-35(29)28(37)31(23-14-10-7-11-15-24(23)31)20-38-19-21-12-8-6-9-13-21/h6-15,23H,16-20H2,1-5H3,(H2,32,33,34,36). The number of aromatic nitrogens is 2. The second-order valence-corrected chi connectivity index (χ2v) is 18.4. The van der Waals surface area contributed by atoms with E-state index in [2.05, 4.69) is 47.3 Å². The lowest BCUT2D eigenvalue weighted by atomic mass is 9.95. The van der Waals surface area contributed by atoms with Gasteiger partial charge in [0.25, 0.3) is 0 Å². The van der Waals surface area contributed by atoms with Crippen molar-refractivity contribution in [3.05, 3.63) is 83.1 Å². The number of allylic oxidation sites excluding steroid dienone is 5. The summed E-state index contributed by atoms with van der Waals surface area (Å²) in [5.74, 6) is 0.703. The van der Waals surface area contributed by atoms with Gasteiger partial charge in [-0.2, -0.15) is 5.10 Å². The van der Waals surface area contributed by atoms with Gasteiger partial charge < -0.3 is 15.0 Å². The number of carbonyl (C=O) groups excluding carboxylic acids is 2. The quantitative estimate of drug-likeness (QED) is 0.420. The second kappa shape index (κ2) is 8.89. The van der Waals surface area contributed by atoms with Crippen molar-refractivity contribution in [1.82, 2.24) is 15.1 Å². The van der Waals surface area contributed by atoms with E-state index in [1.54, 1.807) is 0 Å². The van der Waals surface area contributed by atoms with Crippen molar-refractivity contribution in [1.29, 1.82) is 0 Å². The molecule has 2 amide bonds. The van der Waals surface area contributed by atoms with Gasteiger partial charge in [-0.3, -0.25) is 14.7 Å². The maximum absolute atomic E-state index is 14.5. The maximum atomic E-state index is 14.5. The zero-order chi connectivity index (χ0) is 27.6. The van der Waals surface area contributed by atoms with Gasteiger partial charge in [0.05, 0.1) is 39.1 Å². The van der Waals surface area contributed by atoms with E-state index in [4.69, 9.17) is 4.74 Å². The van der Waals surface area contributed by atoms with Crippen LogP contribution in [0, 0.1) is 11.3 Å². The second-order valence-electron chi connectivity index (χ2n) is 13.0. The minimum atomic E-state index is -1.68. The van der Waals surface area contributed by atoms with Crippen molar-refractivity contribution in [3.63, 3.8) is 0 Å². The molecule has 1 aromatic carbocycles. The Labute approximate surface area is 231 Å². The highest BCUT2D eigenvalue weighted by atomic mass is 28.3. The molecule has 1 aliphatic heterocycles. The van der Waals surface area contributed by atoms with E-state index in [1.165, 1.54) is 0 Å². The average molecular weight is 543 g/mol. The minimum absolute atomic E-state index is 0.00859. The fourth-order valence-electron chi connectivity index (χ4n) is 6.60. The lowest BCUT2D eigenvalue weighted by Gasteiger charge is -2.35. The number of H-pyrrole nitrogens is 1. The Morgan fingerprint density at radius 3 is 2.56 bits per heavy atom. The Kier molecular flexibility index (Phi) is 5.93. The average Bonchev–Trinajstić information content (AvgIpc) is 3.76. The molecule has 2 aromatic rings. The number of carbonyl (C=O) groups is 2. The molecule has 2 N–H and O–H groups in total. The van der Waals surface area contributed by atoms with E-state index in [-0.39, 0.29) is 22.8 Å². The smallest absolute Gasteiger partial charge is 0.237 e. The maximum Gasteiger partial charge on any atom is 0.237 e. The van der Waals surface area contributed by atoms with Crippen molar-refractivity contribution in [2.45, 2.75) is 70.1 Å². The first-order valence-electron chi connectivity index (χ1n) is 13.9. The summed E-state index contributed by atoms with van der Waals surface area (Å²) >= 11 is 0.